The fourth-order valence-electron chi connectivity index (χ4n) is 0.915. The number of aromatic amines is 1. The van der Waals surface area contributed by atoms with Crippen LogP contribution in [0.4, 0.5) is 5.82 Å². The Kier molecular flexibility index (Phi) is 3.81. The van der Waals surface area contributed by atoms with Gasteiger partial charge in [-0.2, -0.15) is 5.10 Å². The van der Waals surface area contributed by atoms with Crippen molar-refractivity contribution in [3.05, 3.63) is 11.8 Å². The highest BCUT2D eigenvalue weighted by Gasteiger charge is 2.14. The Morgan fingerprint density at radius 1 is 1.80 bits per heavy atom. The van der Waals surface area contributed by atoms with Gasteiger partial charge in [0.15, 0.2) is 5.82 Å². The molecule has 1 aromatic heterocycles. The lowest BCUT2D eigenvalue weighted by molar-refractivity contribution is 0.0527. The second-order valence-electron chi connectivity index (χ2n) is 2.66. The number of carbonyl (C=O) groups is 1. The van der Waals surface area contributed by atoms with Gasteiger partial charge in [0.25, 0.3) is 0 Å². The van der Waals surface area contributed by atoms with Gasteiger partial charge < -0.3 is 4.74 Å². The number of aliphatic imine (C=N–C) groups is 1. The normalized spacial score (nSPS) is 11.3. The predicted molar refractivity (Wildman–Crippen MR) is 52.2 cm³/mol. The van der Waals surface area contributed by atoms with Crippen LogP contribution in [0.25, 0.3) is 0 Å². The van der Waals surface area contributed by atoms with E-state index in [2.05, 4.69) is 15.2 Å². The lowest BCUT2D eigenvalue weighted by Crippen LogP contribution is -2.14. The summed E-state index contributed by atoms with van der Waals surface area (Å²) in [5, 5.41) is 14.7. The molecule has 0 unspecified atom stereocenters. The molecule has 0 saturated carbocycles. The van der Waals surface area contributed by atoms with Crippen molar-refractivity contribution >= 4 is 17.6 Å². The molecule has 1 aromatic rings. The van der Waals surface area contributed by atoms with E-state index in [9.17, 15) is 4.79 Å². The molecule has 0 aliphatic rings. The third-order valence-corrected chi connectivity index (χ3v) is 1.56. The van der Waals surface area contributed by atoms with E-state index >= 15 is 0 Å². The molecule has 0 saturated heterocycles. The molecule has 82 valence electrons. The van der Waals surface area contributed by atoms with Gasteiger partial charge in [-0.1, -0.05) is 0 Å². The van der Waals surface area contributed by atoms with E-state index in [1.165, 1.54) is 13.1 Å². The topological polar surface area (TPSA) is 99.6 Å². The van der Waals surface area contributed by atoms with E-state index in [-0.39, 0.29) is 23.8 Å². The molecule has 1 heterocycles. The summed E-state index contributed by atoms with van der Waals surface area (Å²) in [6, 6.07) is 0. The van der Waals surface area contributed by atoms with E-state index in [0.717, 1.165) is 0 Å². The molecule has 15 heavy (non-hydrogen) atoms. The first kappa shape index (κ1) is 11.2. The maximum Gasteiger partial charge on any atom is 0.343 e. The number of hydrogen-bond acceptors (Lipinski definition) is 5. The quantitative estimate of drug-likeness (QED) is 0.295. The molecule has 3 N–H and O–H groups in total. The minimum atomic E-state index is -0.504. The number of hydrogen-bond donors (Lipinski definition) is 3. The monoisotopic (exact) mass is 212 g/mol. The molecule has 7 heteroatoms. The lowest BCUT2D eigenvalue weighted by atomic mass is 10.3. The van der Waals surface area contributed by atoms with Crippen LogP contribution in [-0.2, 0) is 4.74 Å². The van der Waals surface area contributed by atoms with Gasteiger partial charge in [0, 0.05) is 0 Å². The SMILES string of the molecule is CCOC(=O)c1cn[nH]c1N=C(C)NO. The summed E-state index contributed by atoms with van der Waals surface area (Å²) in [6.45, 7) is 3.53. The average Bonchev–Trinajstić information content (AvgIpc) is 2.66. The first-order chi connectivity index (χ1) is 7.19. The largest absolute Gasteiger partial charge is 0.462 e. The molecular formula is C8H12N4O3. The van der Waals surface area contributed by atoms with Crippen molar-refractivity contribution in [1.29, 1.82) is 0 Å². The number of ether oxygens (including phenoxy) is 1. The molecule has 0 atom stereocenters. The van der Waals surface area contributed by atoms with Crippen LogP contribution in [0.1, 0.15) is 24.2 Å². The lowest BCUT2D eigenvalue weighted by Gasteiger charge is -2.00. The second-order valence-corrected chi connectivity index (χ2v) is 2.66. The number of H-pyrrole nitrogens is 1. The van der Waals surface area contributed by atoms with Crippen molar-refractivity contribution in [3.63, 3.8) is 0 Å². The zero-order valence-electron chi connectivity index (χ0n) is 8.44. The molecular weight excluding hydrogens is 200 g/mol. The number of esters is 1. The summed E-state index contributed by atoms with van der Waals surface area (Å²) in [4.78, 5) is 15.2. The molecule has 7 nitrogen and oxygen atoms in total. The number of nitrogens with zero attached hydrogens (tertiary/aromatic N) is 2. The van der Waals surface area contributed by atoms with Crippen LogP contribution in [0, 0.1) is 0 Å². The fraction of sp³-hybridized carbons (Fsp3) is 0.375. The first-order valence-electron chi connectivity index (χ1n) is 4.35. The van der Waals surface area contributed by atoms with E-state index < -0.39 is 5.97 Å². The van der Waals surface area contributed by atoms with Gasteiger partial charge in [0.1, 0.15) is 11.4 Å². The zero-order valence-corrected chi connectivity index (χ0v) is 8.44. The summed E-state index contributed by atoms with van der Waals surface area (Å²) < 4.78 is 4.79. The highest BCUT2D eigenvalue weighted by Crippen LogP contribution is 2.15. The fourth-order valence-corrected chi connectivity index (χ4v) is 0.915. The van der Waals surface area contributed by atoms with Gasteiger partial charge in [-0.15, -0.1) is 0 Å². The second kappa shape index (κ2) is 5.11. The van der Waals surface area contributed by atoms with E-state index in [0.29, 0.717) is 0 Å². The van der Waals surface area contributed by atoms with Gasteiger partial charge in [-0.25, -0.2) is 9.79 Å². The van der Waals surface area contributed by atoms with Crippen LogP contribution < -0.4 is 5.48 Å². The Balaban J connectivity index is 2.91. The molecule has 0 aromatic carbocycles. The summed E-state index contributed by atoms with van der Waals surface area (Å²) >= 11 is 0. The van der Waals surface area contributed by atoms with Crippen LogP contribution in [-0.4, -0.2) is 33.8 Å². The standard InChI is InChI=1S/C8H12N4O3/c1-3-15-8(13)6-4-9-11-7(6)10-5(2)12-14/h4,14H,3H2,1-2H3,(H2,9,10,11,12). The van der Waals surface area contributed by atoms with Crippen LogP contribution in [0.5, 0.6) is 0 Å². The number of hydroxylamine groups is 1. The summed E-state index contributed by atoms with van der Waals surface area (Å²) in [5.41, 5.74) is 2.08. The Morgan fingerprint density at radius 2 is 2.53 bits per heavy atom. The molecule has 0 aliphatic carbocycles. The smallest absolute Gasteiger partial charge is 0.343 e. The third kappa shape index (κ3) is 2.78. The molecule has 0 aliphatic heterocycles. The highest BCUT2D eigenvalue weighted by atomic mass is 16.5. The van der Waals surface area contributed by atoms with E-state index in [1.807, 2.05) is 5.48 Å². The molecule has 0 fully saturated rings. The van der Waals surface area contributed by atoms with Gasteiger partial charge >= 0.3 is 5.97 Å². The van der Waals surface area contributed by atoms with Crippen molar-refractivity contribution in [1.82, 2.24) is 15.7 Å². The minimum absolute atomic E-state index is 0.228. The summed E-state index contributed by atoms with van der Waals surface area (Å²) in [6.07, 6.45) is 1.32. The molecule has 1 rings (SSSR count). The van der Waals surface area contributed by atoms with Gasteiger partial charge in [0.05, 0.1) is 12.8 Å². The highest BCUT2D eigenvalue weighted by molar-refractivity contribution is 5.95. The van der Waals surface area contributed by atoms with Crippen LogP contribution in [0.15, 0.2) is 11.2 Å². The van der Waals surface area contributed by atoms with Gasteiger partial charge in [-0.3, -0.25) is 15.8 Å². The first-order valence-corrected chi connectivity index (χ1v) is 4.35. The van der Waals surface area contributed by atoms with E-state index in [4.69, 9.17) is 9.94 Å². The number of aromatic nitrogens is 2. The summed E-state index contributed by atoms with van der Waals surface area (Å²) in [5.74, 6) is -0.0203. The van der Waals surface area contributed by atoms with Crippen molar-refractivity contribution < 1.29 is 14.7 Å². The third-order valence-electron chi connectivity index (χ3n) is 1.56. The molecule has 0 spiro atoms. The van der Waals surface area contributed by atoms with Crippen LogP contribution in [0.2, 0.25) is 0 Å². The van der Waals surface area contributed by atoms with Crippen molar-refractivity contribution in [3.8, 4) is 0 Å². The Bertz CT molecular complexity index is 372. The van der Waals surface area contributed by atoms with E-state index in [1.54, 1.807) is 6.92 Å². The maximum absolute atomic E-state index is 11.4. The number of nitrogens with one attached hydrogen (secondary N) is 2. The summed E-state index contributed by atoms with van der Waals surface area (Å²) in [7, 11) is 0. The molecule has 0 bridgehead atoms. The van der Waals surface area contributed by atoms with Crippen molar-refractivity contribution in [2.75, 3.05) is 6.61 Å². The average molecular weight is 212 g/mol. The van der Waals surface area contributed by atoms with Gasteiger partial charge in [0.2, 0.25) is 0 Å². The van der Waals surface area contributed by atoms with Gasteiger partial charge in [-0.05, 0) is 13.8 Å². The Hall–Kier alpha value is -1.89. The van der Waals surface area contributed by atoms with Crippen molar-refractivity contribution in [2.24, 2.45) is 4.99 Å². The zero-order chi connectivity index (χ0) is 11.3. The van der Waals surface area contributed by atoms with Crippen LogP contribution >= 0.6 is 0 Å². The number of amidine groups is 1. The minimum Gasteiger partial charge on any atom is -0.462 e. The Morgan fingerprint density at radius 3 is 3.13 bits per heavy atom. The molecule has 0 amide bonds. The predicted octanol–water partition coefficient (Wildman–Crippen LogP) is 0.615. The number of rotatable bonds is 3. The van der Waals surface area contributed by atoms with Crippen molar-refractivity contribution in [2.45, 2.75) is 13.8 Å². The molecule has 0 radical (unpaired) electrons. The Labute approximate surface area is 86.1 Å². The van der Waals surface area contributed by atoms with Crippen LogP contribution in [0.3, 0.4) is 0 Å². The number of carbonyl (C=O) groups excluding carboxylic acids is 1. The maximum atomic E-state index is 11.4.